The molecule has 0 aliphatic heterocycles. The van der Waals surface area contributed by atoms with Gasteiger partial charge in [0.1, 0.15) is 0 Å². The summed E-state index contributed by atoms with van der Waals surface area (Å²) in [5, 5.41) is 0. The lowest BCUT2D eigenvalue weighted by molar-refractivity contribution is 0.864. The first-order valence-corrected chi connectivity index (χ1v) is 4.07. The molecule has 54 valence electrons. The summed E-state index contributed by atoms with van der Waals surface area (Å²) < 4.78 is 3.84. The van der Waals surface area contributed by atoms with Crippen molar-refractivity contribution in [1.82, 2.24) is 0 Å². The highest BCUT2D eigenvalue weighted by molar-refractivity contribution is 7.80. The van der Waals surface area contributed by atoms with Gasteiger partial charge in [-0.1, -0.05) is 13.8 Å². The van der Waals surface area contributed by atoms with E-state index in [1.807, 2.05) is 0 Å². The third-order valence-electron chi connectivity index (χ3n) is 1.16. The van der Waals surface area contributed by atoms with Crippen LogP contribution in [-0.2, 0) is 0 Å². The first kappa shape index (κ1) is 9.37. The van der Waals surface area contributed by atoms with Gasteiger partial charge in [0.2, 0.25) is 0 Å². The van der Waals surface area contributed by atoms with Crippen molar-refractivity contribution < 1.29 is 0 Å². The summed E-state index contributed by atoms with van der Waals surface area (Å²) in [5.41, 5.74) is 1.13. The van der Waals surface area contributed by atoms with Gasteiger partial charge in [-0.05, 0) is 30.9 Å². The van der Waals surface area contributed by atoms with Gasteiger partial charge in [-0.2, -0.15) is 12.6 Å². The normalized spacial score (nSPS) is 12.8. The first-order valence-electron chi connectivity index (χ1n) is 3.04. The van der Waals surface area contributed by atoms with Gasteiger partial charge in [0.15, 0.2) is 0 Å². The molecule has 0 aliphatic rings. The van der Waals surface area contributed by atoms with E-state index in [1.165, 1.54) is 0 Å². The minimum atomic E-state index is 0.509. The number of rotatable bonds is 3. The summed E-state index contributed by atoms with van der Waals surface area (Å²) in [6, 6.07) is 0. The molecule has 0 rings (SSSR count). The minimum Gasteiger partial charge on any atom is -0.229 e. The zero-order valence-electron chi connectivity index (χ0n) is 5.83. The standard InChI is InChI=1S/C6H13NS2/c1-5(2)6(7-9)3-4-8/h5,8-9H,3-4H2,1-2H3. The summed E-state index contributed by atoms with van der Waals surface area (Å²) >= 11 is 7.94. The Morgan fingerprint density at radius 3 is 2.22 bits per heavy atom. The number of nitrogens with zero attached hydrogens (tertiary/aromatic N) is 1. The van der Waals surface area contributed by atoms with Gasteiger partial charge in [-0.3, -0.25) is 0 Å². The van der Waals surface area contributed by atoms with Crippen LogP contribution < -0.4 is 0 Å². The van der Waals surface area contributed by atoms with Crippen LogP contribution >= 0.6 is 25.4 Å². The molecule has 0 spiro atoms. The van der Waals surface area contributed by atoms with Gasteiger partial charge in [-0.25, -0.2) is 4.40 Å². The van der Waals surface area contributed by atoms with E-state index in [0.717, 1.165) is 17.9 Å². The molecule has 0 saturated carbocycles. The van der Waals surface area contributed by atoms with Crippen LogP contribution in [-0.4, -0.2) is 11.5 Å². The quantitative estimate of drug-likeness (QED) is 0.468. The second-order valence-corrected chi connectivity index (χ2v) is 2.87. The second-order valence-electron chi connectivity index (χ2n) is 2.22. The van der Waals surface area contributed by atoms with Gasteiger partial charge in [-0.15, -0.1) is 0 Å². The van der Waals surface area contributed by atoms with E-state index in [1.54, 1.807) is 0 Å². The van der Waals surface area contributed by atoms with Crippen LogP contribution in [0.2, 0.25) is 0 Å². The summed E-state index contributed by atoms with van der Waals surface area (Å²) in [5.74, 6) is 1.37. The Morgan fingerprint density at radius 2 is 2.11 bits per heavy atom. The molecule has 0 aromatic carbocycles. The van der Waals surface area contributed by atoms with Crippen molar-refractivity contribution in [2.45, 2.75) is 20.3 Å². The molecule has 0 N–H and O–H groups in total. The number of hydrogen-bond donors (Lipinski definition) is 2. The van der Waals surface area contributed by atoms with Gasteiger partial charge in [0.05, 0.1) is 0 Å². The van der Waals surface area contributed by atoms with Crippen LogP contribution in [0, 0.1) is 5.92 Å². The van der Waals surface area contributed by atoms with E-state index >= 15 is 0 Å². The maximum absolute atomic E-state index is 4.09. The molecule has 0 aromatic rings. The lowest BCUT2D eigenvalue weighted by Gasteiger charge is -2.04. The smallest absolute Gasteiger partial charge is 0.0292 e. The predicted octanol–water partition coefficient (Wildman–Crippen LogP) is 2.25. The van der Waals surface area contributed by atoms with Crippen LogP contribution in [0.5, 0.6) is 0 Å². The van der Waals surface area contributed by atoms with E-state index in [0.29, 0.717) is 5.92 Å². The van der Waals surface area contributed by atoms with E-state index in [-0.39, 0.29) is 0 Å². The summed E-state index contributed by atoms with van der Waals surface area (Å²) in [6.07, 6.45) is 0.949. The lowest BCUT2D eigenvalue weighted by Crippen LogP contribution is -2.06. The molecule has 0 atom stereocenters. The summed E-state index contributed by atoms with van der Waals surface area (Å²) in [7, 11) is 0. The minimum absolute atomic E-state index is 0.509. The third-order valence-corrected chi connectivity index (χ3v) is 1.64. The second kappa shape index (κ2) is 5.18. The molecule has 0 aromatic heterocycles. The molecular formula is C6H13NS2. The number of thiol groups is 2. The summed E-state index contributed by atoms with van der Waals surface area (Å²) in [6.45, 7) is 4.22. The highest BCUT2D eigenvalue weighted by atomic mass is 32.1. The molecule has 0 heterocycles. The monoisotopic (exact) mass is 163 g/mol. The molecule has 0 amide bonds. The Bertz CT molecular complexity index is 99.2. The molecule has 9 heavy (non-hydrogen) atoms. The Morgan fingerprint density at radius 1 is 1.56 bits per heavy atom. The molecule has 0 unspecified atom stereocenters. The van der Waals surface area contributed by atoms with Gasteiger partial charge in [0, 0.05) is 5.71 Å². The average Bonchev–Trinajstić information content (AvgIpc) is 1.82. The molecular weight excluding hydrogens is 150 g/mol. The van der Waals surface area contributed by atoms with E-state index < -0.39 is 0 Å². The highest BCUT2D eigenvalue weighted by Gasteiger charge is 2.01. The van der Waals surface area contributed by atoms with Crippen LogP contribution in [0.1, 0.15) is 20.3 Å². The number of hydrogen-bond acceptors (Lipinski definition) is 3. The maximum Gasteiger partial charge on any atom is 0.0292 e. The van der Waals surface area contributed by atoms with E-state index in [4.69, 9.17) is 0 Å². The van der Waals surface area contributed by atoms with E-state index in [9.17, 15) is 0 Å². The SMILES string of the molecule is CC(C)C(CCS)=NS. The van der Waals surface area contributed by atoms with Gasteiger partial charge < -0.3 is 0 Å². The van der Waals surface area contributed by atoms with Crippen molar-refractivity contribution in [3.8, 4) is 0 Å². The molecule has 0 saturated heterocycles. The van der Waals surface area contributed by atoms with Crippen molar-refractivity contribution in [2.24, 2.45) is 10.3 Å². The molecule has 1 nitrogen and oxygen atoms in total. The molecule has 0 aliphatic carbocycles. The van der Waals surface area contributed by atoms with Gasteiger partial charge >= 0.3 is 0 Å². The first-order chi connectivity index (χ1) is 4.22. The Kier molecular flexibility index (Phi) is 5.39. The Balaban J connectivity index is 3.70. The predicted molar refractivity (Wildman–Crippen MR) is 49.7 cm³/mol. The van der Waals surface area contributed by atoms with Crippen molar-refractivity contribution in [3.63, 3.8) is 0 Å². The highest BCUT2D eigenvalue weighted by Crippen LogP contribution is 2.03. The van der Waals surface area contributed by atoms with Crippen molar-refractivity contribution in [1.29, 1.82) is 0 Å². The van der Waals surface area contributed by atoms with Crippen molar-refractivity contribution in [2.75, 3.05) is 5.75 Å². The zero-order valence-corrected chi connectivity index (χ0v) is 7.62. The van der Waals surface area contributed by atoms with E-state index in [2.05, 4.69) is 43.7 Å². The molecule has 3 heteroatoms. The molecule has 0 bridgehead atoms. The third kappa shape index (κ3) is 3.87. The van der Waals surface area contributed by atoms with Crippen LogP contribution in [0.25, 0.3) is 0 Å². The fraction of sp³-hybridized carbons (Fsp3) is 0.833. The summed E-state index contributed by atoms with van der Waals surface area (Å²) in [4.78, 5) is 0. The largest absolute Gasteiger partial charge is 0.229 e. The Labute approximate surface area is 67.9 Å². The molecule has 0 fully saturated rings. The van der Waals surface area contributed by atoms with Crippen LogP contribution in [0.4, 0.5) is 0 Å². The lowest BCUT2D eigenvalue weighted by atomic mass is 10.1. The topological polar surface area (TPSA) is 12.4 Å². The van der Waals surface area contributed by atoms with Crippen LogP contribution in [0.15, 0.2) is 4.40 Å². The Hall–Kier alpha value is 0.370. The zero-order chi connectivity index (χ0) is 7.28. The maximum atomic E-state index is 4.09. The van der Waals surface area contributed by atoms with Gasteiger partial charge in [0.25, 0.3) is 0 Å². The fourth-order valence-electron chi connectivity index (χ4n) is 0.569. The van der Waals surface area contributed by atoms with Crippen LogP contribution in [0.3, 0.4) is 0 Å². The molecule has 0 radical (unpaired) electrons. The fourth-order valence-corrected chi connectivity index (χ4v) is 1.13. The van der Waals surface area contributed by atoms with Crippen molar-refractivity contribution >= 4 is 31.2 Å². The average molecular weight is 163 g/mol. The van der Waals surface area contributed by atoms with Crippen molar-refractivity contribution in [3.05, 3.63) is 0 Å².